The number of esters is 2. The summed E-state index contributed by atoms with van der Waals surface area (Å²) < 4.78 is 8.54. The molecule has 0 saturated heterocycles. The minimum absolute atomic E-state index is 0.552. The van der Waals surface area contributed by atoms with Gasteiger partial charge in [-0.15, -0.1) is 0 Å². The lowest BCUT2D eigenvalue weighted by Gasteiger charge is -1.97. The topological polar surface area (TPSA) is 101 Å². The molecular formula is C7H9N2O5+. The van der Waals surface area contributed by atoms with Crippen LogP contribution < -0.4 is 0 Å². The van der Waals surface area contributed by atoms with Crippen molar-refractivity contribution in [2.24, 2.45) is 0 Å². The van der Waals surface area contributed by atoms with Crippen molar-refractivity contribution in [1.29, 1.82) is 5.39 Å². The molecule has 0 heterocycles. The van der Waals surface area contributed by atoms with Gasteiger partial charge in [0, 0.05) is 6.92 Å². The van der Waals surface area contributed by atoms with Crippen LogP contribution in [0.1, 0.15) is 6.92 Å². The highest BCUT2D eigenvalue weighted by molar-refractivity contribution is 5.90. The maximum atomic E-state index is 10.8. The highest BCUT2D eigenvalue weighted by Crippen LogP contribution is 2.06. The molecule has 0 bridgehead atoms. The maximum Gasteiger partial charge on any atom is 0.508 e. The van der Waals surface area contributed by atoms with E-state index in [0.29, 0.717) is 0 Å². The Morgan fingerprint density at radius 1 is 1.50 bits per heavy atom. The number of rotatable bonds is 3. The van der Waals surface area contributed by atoms with Crippen molar-refractivity contribution in [3.8, 4) is 0 Å². The standard InChI is InChI=1S/C7H8N2O5/c1-4(10)14-3-5(11)6(9-8)7(12)13-2/h3H2,1-2H3/p+1. The molecule has 0 rings (SSSR count). The van der Waals surface area contributed by atoms with Gasteiger partial charge in [-0.1, -0.05) is 0 Å². The minimum atomic E-state index is -1.03. The molecule has 0 aliphatic heterocycles. The van der Waals surface area contributed by atoms with Gasteiger partial charge in [0.15, 0.2) is 11.6 Å². The highest BCUT2D eigenvalue weighted by Gasteiger charge is 2.30. The van der Waals surface area contributed by atoms with E-state index in [9.17, 15) is 9.59 Å². The molecule has 0 amide bonds. The Bertz CT molecular complexity index is 315. The summed E-state index contributed by atoms with van der Waals surface area (Å²) in [6.45, 7) is 0.574. The Balaban J connectivity index is 4.61. The van der Waals surface area contributed by atoms with Crippen LogP contribution in [-0.4, -0.2) is 30.8 Å². The number of diazo groups is 1. The van der Waals surface area contributed by atoms with Crippen molar-refractivity contribution >= 4 is 11.9 Å². The first-order valence-corrected chi connectivity index (χ1v) is 3.51. The van der Waals surface area contributed by atoms with E-state index in [4.69, 9.17) is 10.5 Å². The predicted molar refractivity (Wildman–Crippen MR) is 43.4 cm³/mol. The SMILES string of the molecule is COC(=O)/C([N+]#N)=C(\O)COC(C)=O. The molecule has 7 nitrogen and oxygen atoms in total. The lowest BCUT2D eigenvalue weighted by atomic mass is 10.4. The third-order valence-electron chi connectivity index (χ3n) is 1.16. The fraction of sp³-hybridized carbons (Fsp3) is 0.429. The summed E-state index contributed by atoms with van der Waals surface area (Å²) in [5.74, 6) is -2.36. The molecular weight excluding hydrogens is 192 g/mol. The Kier molecular flexibility index (Phi) is 4.70. The molecule has 0 radical (unpaired) electrons. The van der Waals surface area contributed by atoms with E-state index < -0.39 is 30.0 Å². The second kappa shape index (κ2) is 5.53. The summed E-state index contributed by atoms with van der Waals surface area (Å²) in [6.07, 6.45) is 0. The summed E-state index contributed by atoms with van der Waals surface area (Å²) in [4.78, 5) is 23.6. The molecule has 0 atom stereocenters. The molecule has 0 aliphatic rings. The normalized spacial score (nSPS) is 10.9. The largest absolute Gasteiger partial charge is 0.508 e. The van der Waals surface area contributed by atoms with E-state index in [1.807, 2.05) is 0 Å². The zero-order chi connectivity index (χ0) is 11.1. The van der Waals surface area contributed by atoms with Gasteiger partial charge >= 0.3 is 17.6 Å². The van der Waals surface area contributed by atoms with Crippen LogP contribution in [0.15, 0.2) is 11.5 Å². The average Bonchev–Trinajstić information content (AvgIpc) is 2.15. The molecule has 0 aromatic heterocycles. The van der Waals surface area contributed by atoms with Gasteiger partial charge < -0.3 is 14.6 Å². The molecule has 0 aromatic rings. The Morgan fingerprint density at radius 2 is 2.07 bits per heavy atom. The number of methoxy groups -OCH3 is 1. The van der Waals surface area contributed by atoms with Crippen LogP contribution in [0.5, 0.6) is 0 Å². The molecule has 76 valence electrons. The van der Waals surface area contributed by atoms with Crippen LogP contribution in [0, 0.1) is 5.39 Å². The van der Waals surface area contributed by atoms with Crippen LogP contribution >= 0.6 is 0 Å². The first-order chi connectivity index (χ1) is 6.52. The van der Waals surface area contributed by atoms with E-state index >= 15 is 0 Å². The van der Waals surface area contributed by atoms with Gasteiger partial charge in [0.2, 0.25) is 11.2 Å². The summed E-state index contributed by atoms with van der Waals surface area (Å²) in [6, 6.07) is 0. The number of ether oxygens (including phenoxy) is 2. The molecule has 14 heavy (non-hydrogen) atoms. The van der Waals surface area contributed by atoms with Gasteiger partial charge in [-0.05, 0) is 0 Å². The summed E-state index contributed by atoms with van der Waals surface area (Å²) in [5.41, 5.74) is -0.700. The third-order valence-corrected chi connectivity index (χ3v) is 1.16. The number of carbonyl (C=O) groups excluding carboxylic acids is 2. The summed E-state index contributed by atoms with van der Waals surface area (Å²) in [7, 11) is 1.05. The second-order valence-corrected chi connectivity index (χ2v) is 2.17. The van der Waals surface area contributed by atoms with Gasteiger partial charge in [-0.25, -0.2) is 4.79 Å². The fourth-order valence-corrected chi connectivity index (χ4v) is 0.551. The number of aliphatic hydroxyl groups excluding tert-OH is 1. The highest BCUT2D eigenvalue weighted by atomic mass is 16.5. The average molecular weight is 201 g/mol. The second-order valence-electron chi connectivity index (χ2n) is 2.17. The lowest BCUT2D eigenvalue weighted by molar-refractivity contribution is -0.141. The summed E-state index contributed by atoms with van der Waals surface area (Å²) >= 11 is 0. The monoisotopic (exact) mass is 201 g/mol. The van der Waals surface area contributed by atoms with E-state index in [1.54, 1.807) is 0 Å². The van der Waals surface area contributed by atoms with E-state index in [2.05, 4.69) is 14.4 Å². The van der Waals surface area contributed by atoms with Crippen LogP contribution in [0.25, 0.3) is 4.98 Å². The predicted octanol–water partition coefficient (Wildman–Crippen LogP) is 0.345. The number of hydrogen-bond acceptors (Lipinski definition) is 6. The van der Waals surface area contributed by atoms with Crippen LogP contribution in [0.3, 0.4) is 0 Å². The first kappa shape index (κ1) is 11.9. The number of aliphatic hydroxyl groups is 1. The van der Waals surface area contributed by atoms with Crippen molar-refractivity contribution in [1.82, 2.24) is 0 Å². The van der Waals surface area contributed by atoms with Crippen molar-refractivity contribution in [2.45, 2.75) is 6.92 Å². The third kappa shape index (κ3) is 3.53. The maximum absolute atomic E-state index is 10.8. The molecule has 0 aliphatic carbocycles. The van der Waals surface area contributed by atoms with E-state index in [1.165, 1.54) is 0 Å². The molecule has 0 aromatic carbocycles. The molecule has 1 N–H and O–H groups in total. The smallest absolute Gasteiger partial charge is 0.502 e. The van der Waals surface area contributed by atoms with Crippen LogP contribution in [0.4, 0.5) is 0 Å². The number of carbonyl (C=O) groups is 2. The van der Waals surface area contributed by atoms with Crippen molar-refractivity contribution in [3.05, 3.63) is 16.4 Å². The van der Waals surface area contributed by atoms with Gasteiger partial charge in [-0.2, -0.15) is 0 Å². The Labute approximate surface area is 79.5 Å². The number of hydrogen-bond donors (Lipinski definition) is 1. The molecule has 0 saturated carbocycles. The molecule has 0 fully saturated rings. The van der Waals surface area contributed by atoms with E-state index in [-0.39, 0.29) is 0 Å². The fourth-order valence-electron chi connectivity index (χ4n) is 0.551. The van der Waals surface area contributed by atoms with Gasteiger partial charge in [-0.3, -0.25) is 4.79 Å². The minimum Gasteiger partial charge on any atom is -0.502 e. The zero-order valence-electron chi connectivity index (χ0n) is 7.68. The zero-order valence-corrected chi connectivity index (χ0v) is 7.68. The number of nitrogens with zero attached hydrogens (tertiary/aromatic N) is 2. The Morgan fingerprint density at radius 3 is 2.43 bits per heavy atom. The Hall–Kier alpha value is -2.10. The van der Waals surface area contributed by atoms with Gasteiger partial charge in [0.05, 0.1) is 7.11 Å². The molecule has 0 spiro atoms. The van der Waals surface area contributed by atoms with Crippen molar-refractivity contribution in [2.75, 3.05) is 13.7 Å². The molecule has 7 heteroatoms. The summed E-state index contributed by atoms with van der Waals surface area (Å²) in [5, 5.41) is 17.4. The van der Waals surface area contributed by atoms with Gasteiger partial charge in [0.25, 0.3) is 0 Å². The van der Waals surface area contributed by atoms with Crippen LogP contribution in [-0.2, 0) is 19.1 Å². The van der Waals surface area contributed by atoms with Crippen molar-refractivity contribution in [3.63, 3.8) is 0 Å². The first-order valence-electron chi connectivity index (χ1n) is 3.51. The van der Waals surface area contributed by atoms with Gasteiger partial charge in [0.1, 0.15) is 0 Å². The van der Waals surface area contributed by atoms with E-state index in [0.717, 1.165) is 14.0 Å². The van der Waals surface area contributed by atoms with Crippen LogP contribution in [0.2, 0.25) is 0 Å². The molecule has 0 unspecified atom stereocenters. The lowest BCUT2D eigenvalue weighted by Crippen LogP contribution is -2.10. The quantitative estimate of drug-likeness (QED) is 0.306. The van der Waals surface area contributed by atoms with Crippen molar-refractivity contribution < 1.29 is 24.2 Å².